The first-order valence-electron chi connectivity index (χ1n) is 8.39. The number of rotatable bonds is 1. The van der Waals surface area contributed by atoms with Crippen LogP contribution < -0.4 is 0 Å². The van der Waals surface area contributed by atoms with Crippen LogP contribution in [0, 0.1) is 11.8 Å². The second-order valence-electron chi connectivity index (χ2n) is 6.97. The lowest BCUT2D eigenvalue weighted by molar-refractivity contribution is -0.145. The second kappa shape index (κ2) is 5.85. The number of likely N-dealkylation sites (tertiary alicyclic amines) is 2. The van der Waals surface area contributed by atoms with Gasteiger partial charge in [-0.3, -0.25) is 0 Å². The highest BCUT2D eigenvalue weighted by Crippen LogP contribution is 2.37. The molecule has 2 amide bonds. The Balaban J connectivity index is 1.75. The van der Waals surface area contributed by atoms with Gasteiger partial charge in [0.25, 0.3) is 0 Å². The lowest BCUT2D eigenvalue weighted by atomic mass is 9.85. The van der Waals surface area contributed by atoms with Crippen molar-refractivity contribution >= 4 is 12.0 Å². The molecular weight excluding hydrogens is 268 g/mol. The van der Waals surface area contributed by atoms with Crippen molar-refractivity contribution in [1.29, 1.82) is 0 Å². The maximum absolute atomic E-state index is 12.9. The number of aliphatic carboxylic acids is 1. The molecule has 3 aliphatic rings. The molecular formula is C16H26N2O3. The molecule has 5 nitrogen and oxygen atoms in total. The number of nitrogens with zero attached hydrogens (tertiary/aromatic N) is 2. The van der Waals surface area contributed by atoms with Crippen LogP contribution in [0.25, 0.3) is 0 Å². The van der Waals surface area contributed by atoms with Crippen LogP contribution in [0.1, 0.15) is 51.9 Å². The first-order valence-corrected chi connectivity index (χ1v) is 8.39. The third-order valence-electron chi connectivity index (χ3n) is 5.69. The molecule has 3 rings (SSSR count). The summed E-state index contributed by atoms with van der Waals surface area (Å²) in [4.78, 5) is 28.1. The number of amides is 2. The normalized spacial score (nSPS) is 36.4. The van der Waals surface area contributed by atoms with E-state index in [2.05, 4.69) is 0 Å². The van der Waals surface area contributed by atoms with E-state index in [4.69, 9.17) is 0 Å². The van der Waals surface area contributed by atoms with Gasteiger partial charge in [0.2, 0.25) is 0 Å². The van der Waals surface area contributed by atoms with Gasteiger partial charge < -0.3 is 14.9 Å². The number of carbonyl (C=O) groups excluding carboxylic acids is 1. The number of hydrogen-bond donors (Lipinski definition) is 1. The van der Waals surface area contributed by atoms with Crippen molar-refractivity contribution in [2.75, 3.05) is 13.1 Å². The van der Waals surface area contributed by atoms with Crippen LogP contribution in [0.5, 0.6) is 0 Å². The minimum absolute atomic E-state index is 0.0247. The average molecular weight is 294 g/mol. The molecule has 0 radical (unpaired) electrons. The van der Waals surface area contributed by atoms with E-state index in [9.17, 15) is 14.7 Å². The van der Waals surface area contributed by atoms with Gasteiger partial charge in [0.15, 0.2) is 0 Å². The van der Waals surface area contributed by atoms with E-state index >= 15 is 0 Å². The Morgan fingerprint density at radius 1 is 0.952 bits per heavy atom. The molecule has 0 aromatic rings. The number of carboxylic acids is 1. The standard InChI is InChI=1S/C16H26N2O3/c1-11-5-4-9-18(14(11)15(19)20)16(21)17-10-8-12-6-2-3-7-13(12)17/h11-14H,2-10H2,1H3,(H,19,20). The molecule has 2 saturated heterocycles. The van der Waals surface area contributed by atoms with Gasteiger partial charge in [0.05, 0.1) is 0 Å². The Morgan fingerprint density at radius 3 is 2.48 bits per heavy atom. The van der Waals surface area contributed by atoms with Gasteiger partial charge in [-0.25, -0.2) is 9.59 Å². The molecule has 4 unspecified atom stereocenters. The van der Waals surface area contributed by atoms with E-state index in [1.165, 1.54) is 19.3 Å². The molecule has 0 aromatic heterocycles. The number of carboxylic acid groups (broad SMARTS) is 1. The van der Waals surface area contributed by atoms with Crippen LogP contribution in [0.15, 0.2) is 0 Å². The Kier molecular flexibility index (Phi) is 4.09. The topological polar surface area (TPSA) is 60.9 Å². The summed E-state index contributed by atoms with van der Waals surface area (Å²) < 4.78 is 0. The quantitative estimate of drug-likeness (QED) is 0.808. The van der Waals surface area contributed by atoms with E-state index in [0.29, 0.717) is 18.5 Å². The molecule has 5 heteroatoms. The Hall–Kier alpha value is -1.26. The van der Waals surface area contributed by atoms with E-state index in [1.807, 2.05) is 11.8 Å². The van der Waals surface area contributed by atoms with Crippen molar-refractivity contribution in [2.45, 2.75) is 64.0 Å². The fourth-order valence-electron chi connectivity index (χ4n) is 4.59. The van der Waals surface area contributed by atoms with Crippen LogP contribution in [0.2, 0.25) is 0 Å². The van der Waals surface area contributed by atoms with Crippen LogP contribution in [0.3, 0.4) is 0 Å². The van der Waals surface area contributed by atoms with Crippen LogP contribution in [-0.4, -0.2) is 52.1 Å². The van der Waals surface area contributed by atoms with Gasteiger partial charge in [-0.15, -0.1) is 0 Å². The summed E-state index contributed by atoms with van der Waals surface area (Å²) in [6, 6.07) is -0.310. The summed E-state index contributed by atoms with van der Waals surface area (Å²) in [5, 5.41) is 9.49. The molecule has 2 aliphatic heterocycles. The Morgan fingerprint density at radius 2 is 1.71 bits per heavy atom. The lowest BCUT2D eigenvalue weighted by Gasteiger charge is -2.41. The van der Waals surface area contributed by atoms with Crippen LogP contribution in [-0.2, 0) is 4.79 Å². The van der Waals surface area contributed by atoms with Crippen molar-refractivity contribution in [3.63, 3.8) is 0 Å². The van der Waals surface area contributed by atoms with Crippen molar-refractivity contribution in [3.05, 3.63) is 0 Å². The van der Waals surface area contributed by atoms with Gasteiger partial charge in [0, 0.05) is 19.1 Å². The third kappa shape index (κ3) is 2.62. The fourth-order valence-corrected chi connectivity index (χ4v) is 4.59. The van der Waals surface area contributed by atoms with Gasteiger partial charge in [0.1, 0.15) is 6.04 Å². The van der Waals surface area contributed by atoms with Crippen molar-refractivity contribution in [2.24, 2.45) is 11.8 Å². The monoisotopic (exact) mass is 294 g/mol. The second-order valence-corrected chi connectivity index (χ2v) is 6.97. The first-order chi connectivity index (χ1) is 10.1. The third-order valence-corrected chi connectivity index (χ3v) is 5.69. The molecule has 0 bridgehead atoms. The zero-order valence-corrected chi connectivity index (χ0v) is 12.8. The highest BCUT2D eigenvalue weighted by Gasteiger charge is 2.44. The zero-order valence-electron chi connectivity index (χ0n) is 12.8. The zero-order chi connectivity index (χ0) is 15.0. The van der Waals surface area contributed by atoms with Crippen molar-refractivity contribution in [1.82, 2.24) is 9.80 Å². The minimum atomic E-state index is -0.852. The Bertz CT molecular complexity index is 426. The maximum atomic E-state index is 12.9. The predicted molar refractivity (Wildman–Crippen MR) is 79.0 cm³/mol. The highest BCUT2D eigenvalue weighted by molar-refractivity contribution is 5.83. The summed E-state index contributed by atoms with van der Waals surface area (Å²) in [7, 11) is 0. The molecule has 2 heterocycles. The van der Waals surface area contributed by atoms with E-state index in [-0.39, 0.29) is 11.9 Å². The van der Waals surface area contributed by atoms with Crippen LogP contribution >= 0.6 is 0 Å². The molecule has 1 N–H and O–H groups in total. The summed E-state index contributed by atoms with van der Waals surface area (Å²) >= 11 is 0. The predicted octanol–water partition coefficient (Wildman–Crippen LogP) is 2.56. The van der Waals surface area contributed by atoms with Crippen molar-refractivity contribution in [3.8, 4) is 0 Å². The number of carbonyl (C=O) groups is 2. The lowest BCUT2D eigenvalue weighted by Crippen LogP contribution is -2.57. The van der Waals surface area contributed by atoms with Gasteiger partial charge in [-0.2, -0.15) is 0 Å². The number of fused-ring (bicyclic) bond motifs is 1. The fraction of sp³-hybridized carbons (Fsp3) is 0.875. The highest BCUT2D eigenvalue weighted by atomic mass is 16.4. The maximum Gasteiger partial charge on any atom is 0.326 e. The van der Waals surface area contributed by atoms with Gasteiger partial charge in [-0.05, 0) is 43.9 Å². The molecule has 21 heavy (non-hydrogen) atoms. The molecule has 1 saturated carbocycles. The SMILES string of the molecule is CC1CCCN(C(=O)N2CCC3CCCCC32)C1C(=O)O. The van der Waals surface area contributed by atoms with Crippen LogP contribution in [0.4, 0.5) is 4.79 Å². The molecule has 4 atom stereocenters. The minimum Gasteiger partial charge on any atom is -0.480 e. The van der Waals surface area contributed by atoms with Gasteiger partial charge in [-0.1, -0.05) is 19.8 Å². The summed E-state index contributed by atoms with van der Waals surface area (Å²) in [6.45, 7) is 3.35. The van der Waals surface area contributed by atoms with Crippen molar-refractivity contribution < 1.29 is 14.7 Å². The smallest absolute Gasteiger partial charge is 0.326 e. The number of piperidine rings is 1. The number of urea groups is 1. The summed E-state index contributed by atoms with van der Waals surface area (Å²) in [5.74, 6) is -0.159. The molecule has 118 valence electrons. The summed E-state index contributed by atoms with van der Waals surface area (Å²) in [5.41, 5.74) is 0. The summed E-state index contributed by atoms with van der Waals surface area (Å²) in [6.07, 6.45) is 7.71. The first kappa shape index (κ1) is 14.7. The molecule has 1 aliphatic carbocycles. The van der Waals surface area contributed by atoms with E-state index in [1.54, 1.807) is 4.90 Å². The molecule has 0 aromatic carbocycles. The van der Waals surface area contributed by atoms with E-state index < -0.39 is 12.0 Å². The number of hydrogen-bond acceptors (Lipinski definition) is 2. The molecule has 0 spiro atoms. The molecule has 3 fully saturated rings. The van der Waals surface area contributed by atoms with E-state index in [0.717, 1.165) is 32.2 Å². The largest absolute Gasteiger partial charge is 0.480 e. The van der Waals surface area contributed by atoms with Gasteiger partial charge >= 0.3 is 12.0 Å². The Labute approximate surface area is 126 Å². The average Bonchev–Trinajstić information content (AvgIpc) is 2.89.